The van der Waals surface area contributed by atoms with Gasteiger partial charge in [0.05, 0.1) is 6.10 Å². The Balaban J connectivity index is 1.92. The number of aliphatic hydroxyl groups excluding tert-OH is 1. The Morgan fingerprint density at radius 1 is 1.19 bits per heavy atom. The van der Waals surface area contributed by atoms with Crippen LogP contribution in [0.15, 0.2) is 24.3 Å². The smallest absolute Gasteiger partial charge is 0.124 e. The van der Waals surface area contributed by atoms with Crippen molar-refractivity contribution in [2.45, 2.75) is 70.6 Å². The van der Waals surface area contributed by atoms with Crippen LogP contribution in [0.4, 0.5) is 0 Å². The highest BCUT2D eigenvalue weighted by atomic mass is 16.5. The molecule has 1 aliphatic carbocycles. The predicted molar refractivity (Wildman–Crippen MR) is 86.7 cm³/mol. The van der Waals surface area contributed by atoms with E-state index in [1.54, 1.807) is 0 Å². The summed E-state index contributed by atoms with van der Waals surface area (Å²) in [7, 11) is 0. The monoisotopic (exact) mass is 291 g/mol. The molecular weight excluding hydrogens is 262 g/mol. The molecular formula is C18H29NO2. The van der Waals surface area contributed by atoms with Crippen molar-refractivity contribution in [2.75, 3.05) is 6.54 Å². The standard InChI is InChI=1S/C18H29NO2/c1-3-13-19-14(2)15-9-11-16(12-10-15)21-18-8-6-4-5-7-17(18)20/h9-12,14,17-20H,3-8,13H2,1-2H3. The number of nitrogens with one attached hydrogen (secondary N) is 1. The molecule has 0 bridgehead atoms. The normalized spacial score (nSPS) is 24.3. The Kier molecular flexibility index (Phi) is 6.52. The second kappa shape index (κ2) is 8.40. The zero-order valence-corrected chi connectivity index (χ0v) is 13.3. The molecule has 0 aromatic heterocycles. The molecule has 21 heavy (non-hydrogen) atoms. The number of aliphatic hydroxyl groups is 1. The van der Waals surface area contributed by atoms with Gasteiger partial charge in [-0.05, 0) is 56.8 Å². The number of rotatable bonds is 6. The van der Waals surface area contributed by atoms with Crippen LogP contribution in [0.2, 0.25) is 0 Å². The summed E-state index contributed by atoms with van der Waals surface area (Å²) in [5, 5.41) is 13.6. The van der Waals surface area contributed by atoms with Crippen molar-refractivity contribution in [2.24, 2.45) is 0 Å². The molecule has 1 aliphatic rings. The molecule has 0 spiro atoms. The summed E-state index contributed by atoms with van der Waals surface area (Å²) in [5.74, 6) is 0.868. The number of ether oxygens (including phenoxy) is 1. The molecule has 0 amide bonds. The maximum atomic E-state index is 10.1. The molecule has 3 unspecified atom stereocenters. The fraction of sp³-hybridized carbons (Fsp3) is 0.667. The third kappa shape index (κ3) is 5.01. The van der Waals surface area contributed by atoms with E-state index in [9.17, 15) is 5.11 Å². The zero-order chi connectivity index (χ0) is 15.1. The van der Waals surface area contributed by atoms with Crippen LogP contribution < -0.4 is 10.1 Å². The van der Waals surface area contributed by atoms with Crippen LogP contribution in [-0.2, 0) is 0 Å². The number of benzene rings is 1. The van der Waals surface area contributed by atoms with Crippen LogP contribution in [-0.4, -0.2) is 23.9 Å². The van der Waals surface area contributed by atoms with Crippen molar-refractivity contribution in [3.63, 3.8) is 0 Å². The first kappa shape index (κ1) is 16.3. The first-order valence-electron chi connectivity index (χ1n) is 8.38. The third-order valence-electron chi connectivity index (χ3n) is 4.29. The SMILES string of the molecule is CCCNC(C)c1ccc(OC2CCCCCC2O)cc1. The molecule has 2 N–H and O–H groups in total. The molecule has 0 aliphatic heterocycles. The van der Waals surface area contributed by atoms with Gasteiger partial charge in [0, 0.05) is 6.04 Å². The van der Waals surface area contributed by atoms with Crippen LogP contribution >= 0.6 is 0 Å². The first-order valence-corrected chi connectivity index (χ1v) is 8.38. The van der Waals surface area contributed by atoms with Crippen molar-refractivity contribution in [1.82, 2.24) is 5.32 Å². The van der Waals surface area contributed by atoms with E-state index in [1.807, 2.05) is 12.1 Å². The summed E-state index contributed by atoms with van der Waals surface area (Å²) in [6.45, 7) is 5.39. The summed E-state index contributed by atoms with van der Waals surface area (Å²) in [5.41, 5.74) is 1.28. The Labute approximate surface area is 128 Å². The lowest BCUT2D eigenvalue weighted by Crippen LogP contribution is -2.30. The Morgan fingerprint density at radius 3 is 2.62 bits per heavy atom. The van der Waals surface area contributed by atoms with Crippen LogP contribution in [0.5, 0.6) is 5.75 Å². The molecule has 1 aromatic carbocycles. The van der Waals surface area contributed by atoms with E-state index >= 15 is 0 Å². The average Bonchev–Trinajstić information content (AvgIpc) is 2.70. The predicted octanol–water partition coefficient (Wildman–Crippen LogP) is 3.82. The van der Waals surface area contributed by atoms with Crippen molar-refractivity contribution in [3.8, 4) is 5.75 Å². The summed E-state index contributed by atoms with van der Waals surface area (Å²) >= 11 is 0. The Bertz CT molecular complexity index is 404. The minimum Gasteiger partial charge on any atom is -0.488 e. The number of hydrogen-bond acceptors (Lipinski definition) is 3. The molecule has 0 saturated heterocycles. The Hall–Kier alpha value is -1.06. The summed E-state index contributed by atoms with van der Waals surface area (Å²) in [6, 6.07) is 8.65. The Morgan fingerprint density at radius 2 is 1.90 bits per heavy atom. The fourth-order valence-electron chi connectivity index (χ4n) is 2.88. The van der Waals surface area contributed by atoms with Gasteiger partial charge in [-0.1, -0.05) is 31.9 Å². The van der Waals surface area contributed by atoms with Gasteiger partial charge < -0.3 is 15.2 Å². The molecule has 3 atom stereocenters. The van der Waals surface area contributed by atoms with Crippen molar-refractivity contribution in [3.05, 3.63) is 29.8 Å². The van der Waals surface area contributed by atoms with Crippen molar-refractivity contribution >= 4 is 0 Å². The minimum absolute atomic E-state index is 0.0472. The van der Waals surface area contributed by atoms with E-state index < -0.39 is 0 Å². The molecule has 1 saturated carbocycles. The van der Waals surface area contributed by atoms with Gasteiger partial charge in [-0.3, -0.25) is 0 Å². The number of hydrogen-bond donors (Lipinski definition) is 2. The quantitative estimate of drug-likeness (QED) is 0.783. The van der Waals surface area contributed by atoms with Gasteiger partial charge in [0.15, 0.2) is 0 Å². The fourth-order valence-corrected chi connectivity index (χ4v) is 2.88. The molecule has 1 fully saturated rings. The topological polar surface area (TPSA) is 41.5 Å². The first-order chi connectivity index (χ1) is 10.2. The zero-order valence-electron chi connectivity index (χ0n) is 13.3. The molecule has 3 nitrogen and oxygen atoms in total. The van der Waals surface area contributed by atoms with E-state index in [2.05, 4.69) is 31.3 Å². The van der Waals surface area contributed by atoms with E-state index in [1.165, 1.54) is 12.0 Å². The van der Waals surface area contributed by atoms with Gasteiger partial charge >= 0.3 is 0 Å². The molecule has 3 heteroatoms. The maximum Gasteiger partial charge on any atom is 0.124 e. The lowest BCUT2D eigenvalue weighted by Gasteiger charge is -2.22. The minimum atomic E-state index is -0.322. The van der Waals surface area contributed by atoms with Crippen LogP contribution in [0, 0.1) is 0 Å². The van der Waals surface area contributed by atoms with Gasteiger partial charge in [0.2, 0.25) is 0 Å². The summed E-state index contributed by atoms with van der Waals surface area (Å²) < 4.78 is 5.99. The third-order valence-corrected chi connectivity index (χ3v) is 4.29. The van der Waals surface area contributed by atoms with Crippen molar-refractivity contribution in [1.29, 1.82) is 0 Å². The van der Waals surface area contributed by atoms with Gasteiger partial charge in [-0.15, -0.1) is 0 Å². The average molecular weight is 291 g/mol. The van der Waals surface area contributed by atoms with Crippen LogP contribution in [0.1, 0.15) is 64.0 Å². The summed E-state index contributed by atoms with van der Waals surface area (Å²) in [6.07, 6.45) is 6.06. The lowest BCUT2D eigenvalue weighted by molar-refractivity contribution is 0.0320. The van der Waals surface area contributed by atoms with E-state index in [4.69, 9.17) is 4.74 Å². The van der Waals surface area contributed by atoms with E-state index in [0.29, 0.717) is 6.04 Å². The molecule has 0 radical (unpaired) electrons. The molecule has 1 aromatic rings. The molecule has 0 heterocycles. The second-order valence-corrected chi connectivity index (χ2v) is 6.11. The van der Waals surface area contributed by atoms with Gasteiger partial charge in [-0.2, -0.15) is 0 Å². The highest BCUT2D eigenvalue weighted by molar-refractivity contribution is 5.29. The second-order valence-electron chi connectivity index (χ2n) is 6.11. The summed E-state index contributed by atoms with van der Waals surface area (Å²) in [4.78, 5) is 0. The van der Waals surface area contributed by atoms with E-state index in [-0.39, 0.29) is 12.2 Å². The lowest BCUT2D eigenvalue weighted by atomic mass is 10.1. The van der Waals surface area contributed by atoms with Gasteiger partial charge in [-0.25, -0.2) is 0 Å². The van der Waals surface area contributed by atoms with Gasteiger partial charge in [0.1, 0.15) is 11.9 Å². The van der Waals surface area contributed by atoms with Crippen molar-refractivity contribution < 1.29 is 9.84 Å². The largest absolute Gasteiger partial charge is 0.488 e. The highest BCUT2D eigenvalue weighted by Gasteiger charge is 2.23. The highest BCUT2D eigenvalue weighted by Crippen LogP contribution is 2.24. The van der Waals surface area contributed by atoms with Gasteiger partial charge in [0.25, 0.3) is 0 Å². The maximum absolute atomic E-state index is 10.1. The molecule has 118 valence electrons. The molecule has 2 rings (SSSR count). The van der Waals surface area contributed by atoms with Crippen LogP contribution in [0.3, 0.4) is 0 Å². The van der Waals surface area contributed by atoms with E-state index in [0.717, 1.165) is 44.4 Å². The van der Waals surface area contributed by atoms with Crippen LogP contribution in [0.25, 0.3) is 0 Å².